The average Bonchev–Trinajstić information content (AvgIpc) is 3.18. The van der Waals surface area contributed by atoms with Gasteiger partial charge in [0.15, 0.2) is 18.9 Å². The van der Waals surface area contributed by atoms with Gasteiger partial charge in [0.1, 0.15) is 85.4 Å². The third kappa shape index (κ3) is 12.4. The Hall–Kier alpha value is -2.13. The molecule has 0 aromatic carbocycles. The summed E-state index contributed by atoms with van der Waals surface area (Å²) in [6.45, 7) is 5.02. The molecule has 14 N–H and O–H groups in total. The molecule has 0 spiro atoms. The molecule has 0 unspecified atom stereocenters. The van der Waals surface area contributed by atoms with E-state index in [1.165, 1.54) is 0 Å². The highest BCUT2D eigenvalue weighted by atomic mass is 28.3. The van der Waals surface area contributed by atoms with Crippen molar-refractivity contribution < 1.29 is 114 Å². The van der Waals surface area contributed by atoms with Gasteiger partial charge in [0.05, 0.1) is 38.6 Å². The fourth-order valence-electron chi connectivity index (χ4n) is 7.37. The lowest BCUT2D eigenvalue weighted by atomic mass is 9.88. The van der Waals surface area contributed by atoms with Crippen molar-refractivity contribution in [2.75, 3.05) is 33.0 Å². The van der Waals surface area contributed by atoms with E-state index in [9.17, 15) is 75.7 Å². The molecular formula is C35H62N2O23Si. The standard InChI is InChI=1S/C35H62N2O23Si/c1-13(41)36-20-15(43)8-35(34(51)52,59-28(20)23(47)16(44)9-38)60-30-24(48)18(10-39)55-33(26(30)50)57-27-19(11-40)56-31(53-6-7-61(3,4)5)21(37-14(2)42)29(27)58-32-25(49)22(46)17(45)12-54-32/h15-33,38-40,43-50H,6-12H2,1-5H3,(H,36,41)(H,37,42)(H,51,52)/t15-,16+,17+,18+,19+,20+,21+,22+,23+,24-,25-,26+,27+,28+,29+,30-,31+,32-,33-,35-/m0/s1. The molecule has 25 nitrogen and oxygen atoms in total. The largest absolute Gasteiger partial charge is 0.477 e. The lowest BCUT2D eigenvalue weighted by Gasteiger charge is -2.51. The number of ether oxygens (including phenoxy) is 8. The first-order chi connectivity index (χ1) is 28.5. The molecule has 2 amide bonds. The van der Waals surface area contributed by atoms with Gasteiger partial charge in [-0.15, -0.1) is 0 Å². The SMILES string of the molecule is CC(=O)N[C@H]1[C@H](OCC[Si](C)(C)C)O[C@H](CO)[C@@H](O[C@@H]2O[C@H](CO)[C@H](O)[C@H](O[C@]3(C(=O)O)C[C@H](O)[C@@H](NC(C)=O)[C@H]([C@H](O)[C@H](O)CO)O3)[C@H]2O)[C@@H]1O[C@@H]1OC[C@@H](O)[C@@H](O)[C@@H]1O. The van der Waals surface area contributed by atoms with E-state index in [-0.39, 0.29) is 6.61 Å². The first-order valence-electron chi connectivity index (χ1n) is 19.7. The number of nitrogens with one attached hydrogen (secondary N) is 2. The van der Waals surface area contributed by atoms with Gasteiger partial charge >= 0.3 is 5.97 Å². The molecule has 0 aromatic heterocycles. The zero-order valence-electron chi connectivity index (χ0n) is 34.3. The van der Waals surface area contributed by atoms with Gasteiger partial charge in [-0.05, 0) is 6.04 Å². The van der Waals surface area contributed by atoms with Gasteiger partial charge in [0.25, 0.3) is 5.79 Å². The zero-order valence-corrected chi connectivity index (χ0v) is 35.3. The first kappa shape index (κ1) is 51.5. The van der Waals surface area contributed by atoms with Crippen molar-refractivity contribution in [3.05, 3.63) is 0 Å². The number of carbonyl (C=O) groups excluding carboxylic acids is 2. The Labute approximate surface area is 351 Å². The molecule has 4 aliphatic heterocycles. The summed E-state index contributed by atoms with van der Waals surface area (Å²) in [5.74, 6) is -6.53. The van der Waals surface area contributed by atoms with Gasteiger partial charge in [-0.3, -0.25) is 9.59 Å². The predicted octanol–water partition coefficient (Wildman–Crippen LogP) is -7.25. The predicted molar refractivity (Wildman–Crippen MR) is 200 cm³/mol. The van der Waals surface area contributed by atoms with Crippen LogP contribution in [0.1, 0.15) is 20.3 Å². The molecule has 26 heteroatoms. The van der Waals surface area contributed by atoms with Gasteiger partial charge in [-0.1, -0.05) is 19.6 Å². The van der Waals surface area contributed by atoms with E-state index in [1.807, 2.05) is 0 Å². The number of aliphatic hydroxyl groups is 11. The normalized spacial score (nSPS) is 42.0. The van der Waals surface area contributed by atoms with Crippen LogP contribution in [0, 0.1) is 0 Å². The molecule has 354 valence electrons. The van der Waals surface area contributed by atoms with Crippen molar-refractivity contribution in [2.24, 2.45) is 0 Å². The Bertz CT molecular complexity index is 1450. The van der Waals surface area contributed by atoms with Crippen LogP contribution in [0.4, 0.5) is 0 Å². The van der Waals surface area contributed by atoms with Gasteiger partial charge in [-0.25, -0.2) is 4.79 Å². The number of carbonyl (C=O) groups is 3. The smallest absolute Gasteiger partial charge is 0.364 e. The second-order valence-corrected chi connectivity index (χ2v) is 22.4. The maximum atomic E-state index is 13.0. The summed E-state index contributed by atoms with van der Waals surface area (Å²) < 4.78 is 47.0. The Morgan fingerprint density at radius 3 is 1.90 bits per heavy atom. The molecule has 0 radical (unpaired) electrons. The van der Waals surface area contributed by atoms with Crippen LogP contribution < -0.4 is 10.6 Å². The summed E-state index contributed by atoms with van der Waals surface area (Å²) in [7, 11) is -1.71. The highest BCUT2D eigenvalue weighted by molar-refractivity contribution is 6.76. The second kappa shape index (κ2) is 21.7. The quantitative estimate of drug-likeness (QED) is 0.0568. The summed E-state index contributed by atoms with van der Waals surface area (Å²) in [4.78, 5) is 37.6. The van der Waals surface area contributed by atoms with Crippen LogP contribution in [0.25, 0.3) is 0 Å². The van der Waals surface area contributed by atoms with E-state index in [1.54, 1.807) is 0 Å². The molecule has 4 aliphatic rings. The molecule has 4 rings (SSSR count). The van der Waals surface area contributed by atoms with Crippen molar-refractivity contribution in [2.45, 2.75) is 168 Å². The topological polar surface area (TPSA) is 392 Å². The third-order valence-electron chi connectivity index (χ3n) is 10.7. The third-order valence-corrected chi connectivity index (χ3v) is 12.4. The fraction of sp³-hybridized carbons (Fsp3) is 0.914. The highest BCUT2D eigenvalue weighted by Crippen LogP contribution is 2.39. The summed E-state index contributed by atoms with van der Waals surface area (Å²) >= 11 is 0. The van der Waals surface area contributed by atoms with Gasteiger partial charge in [-0.2, -0.15) is 0 Å². The highest BCUT2D eigenvalue weighted by Gasteiger charge is 2.60. The first-order valence-corrected chi connectivity index (χ1v) is 23.4. The van der Waals surface area contributed by atoms with Crippen LogP contribution in [-0.4, -0.2) is 242 Å². The van der Waals surface area contributed by atoms with E-state index in [4.69, 9.17) is 37.9 Å². The summed E-state index contributed by atoms with van der Waals surface area (Å²) in [6, 6.07) is -2.35. The molecule has 4 fully saturated rings. The van der Waals surface area contributed by atoms with Crippen molar-refractivity contribution in [1.82, 2.24) is 10.6 Å². The van der Waals surface area contributed by atoms with Crippen LogP contribution >= 0.6 is 0 Å². The molecule has 4 saturated heterocycles. The monoisotopic (exact) mass is 906 g/mol. The molecule has 0 bridgehead atoms. The number of rotatable bonds is 18. The molecular weight excluding hydrogens is 844 g/mol. The second-order valence-electron chi connectivity index (χ2n) is 16.8. The van der Waals surface area contributed by atoms with Crippen LogP contribution in [0.5, 0.6) is 0 Å². The van der Waals surface area contributed by atoms with Crippen molar-refractivity contribution in [1.29, 1.82) is 0 Å². The van der Waals surface area contributed by atoms with Crippen molar-refractivity contribution in [3.63, 3.8) is 0 Å². The maximum Gasteiger partial charge on any atom is 0.364 e. The molecule has 4 heterocycles. The number of carboxylic acid groups (broad SMARTS) is 1. The van der Waals surface area contributed by atoms with Gasteiger partial charge in [0.2, 0.25) is 11.8 Å². The molecule has 0 saturated carbocycles. The number of aliphatic hydroxyl groups excluding tert-OH is 11. The van der Waals surface area contributed by atoms with Crippen LogP contribution in [0.15, 0.2) is 0 Å². The lowest BCUT2D eigenvalue weighted by Crippen LogP contribution is -2.71. The number of amides is 2. The summed E-state index contributed by atoms with van der Waals surface area (Å²) in [5, 5.41) is 132. The van der Waals surface area contributed by atoms with Crippen LogP contribution in [0.3, 0.4) is 0 Å². The van der Waals surface area contributed by atoms with Gasteiger partial charge in [0, 0.05) is 34.9 Å². The van der Waals surface area contributed by atoms with Crippen LogP contribution in [-0.2, 0) is 52.3 Å². The minimum absolute atomic E-state index is 0.115. The van der Waals surface area contributed by atoms with E-state index in [2.05, 4.69) is 30.3 Å². The number of carboxylic acids is 1. The summed E-state index contributed by atoms with van der Waals surface area (Å²) in [5.41, 5.74) is 0. The molecule has 20 atom stereocenters. The lowest BCUT2D eigenvalue weighted by molar-refractivity contribution is -0.389. The summed E-state index contributed by atoms with van der Waals surface area (Å²) in [6.07, 6.45) is -32.6. The van der Waals surface area contributed by atoms with Crippen molar-refractivity contribution in [3.8, 4) is 0 Å². The van der Waals surface area contributed by atoms with E-state index < -0.39 is 181 Å². The zero-order chi connectivity index (χ0) is 45.7. The van der Waals surface area contributed by atoms with Gasteiger partial charge < -0.3 is 110 Å². The fourth-order valence-corrected chi connectivity index (χ4v) is 8.10. The average molecular weight is 907 g/mol. The Morgan fingerprint density at radius 2 is 1.34 bits per heavy atom. The molecule has 0 aliphatic carbocycles. The number of hydrogen-bond donors (Lipinski definition) is 14. The maximum absolute atomic E-state index is 13.0. The van der Waals surface area contributed by atoms with E-state index >= 15 is 0 Å². The molecule has 0 aromatic rings. The Balaban J connectivity index is 1.73. The number of aliphatic carboxylic acids is 1. The van der Waals surface area contributed by atoms with E-state index in [0.29, 0.717) is 6.04 Å². The minimum atomic E-state index is -3.10. The Kier molecular flexibility index (Phi) is 18.3. The van der Waals surface area contributed by atoms with E-state index in [0.717, 1.165) is 13.8 Å². The Morgan fingerprint density at radius 1 is 0.754 bits per heavy atom. The molecule has 61 heavy (non-hydrogen) atoms. The number of hydrogen-bond acceptors (Lipinski definition) is 22. The van der Waals surface area contributed by atoms with Crippen LogP contribution in [0.2, 0.25) is 25.7 Å². The minimum Gasteiger partial charge on any atom is -0.477 e. The van der Waals surface area contributed by atoms with Crippen molar-refractivity contribution >= 4 is 25.9 Å².